The fraction of sp³-hybridized carbons (Fsp3) is 0.304. The van der Waals surface area contributed by atoms with Crippen molar-refractivity contribution in [1.82, 2.24) is 9.88 Å². The Bertz CT molecular complexity index is 1160. The average Bonchev–Trinajstić information content (AvgIpc) is 3.55. The van der Waals surface area contributed by atoms with E-state index in [-0.39, 0.29) is 12.2 Å². The molecule has 0 spiro atoms. The van der Waals surface area contributed by atoms with Gasteiger partial charge in [-0.25, -0.2) is 19.6 Å². The van der Waals surface area contributed by atoms with Crippen molar-refractivity contribution in [3.63, 3.8) is 0 Å². The van der Waals surface area contributed by atoms with E-state index in [4.69, 9.17) is 9.47 Å². The smallest absolute Gasteiger partial charge is 0.339 e. The summed E-state index contributed by atoms with van der Waals surface area (Å²) in [5, 5.41) is 4.55. The molecule has 0 unspecified atom stereocenters. The number of rotatable bonds is 10. The predicted octanol–water partition coefficient (Wildman–Crippen LogP) is 4.94. The zero-order valence-corrected chi connectivity index (χ0v) is 19.9. The maximum Gasteiger partial charge on any atom is 0.339 e. The van der Waals surface area contributed by atoms with Gasteiger partial charge in [-0.15, -0.1) is 22.7 Å². The summed E-state index contributed by atoms with van der Waals surface area (Å²) in [7, 11) is 0. The number of anilines is 1. The first-order chi connectivity index (χ1) is 16.0. The second-order valence-corrected chi connectivity index (χ2v) is 9.07. The van der Waals surface area contributed by atoms with E-state index in [1.54, 1.807) is 34.9 Å². The SMILES string of the molecule is CCCOc1ccc(N2C(=O)C(=O)N(Cc3csc(-c4cccs4)n3)C2=O)cc1OCCC. The Morgan fingerprint density at radius 3 is 2.39 bits per heavy atom. The molecule has 172 valence electrons. The maximum absolute atomic E-state index is 13.1. The molecule has 2 aromatic heterocycles. The normalized spacial score (nSPS) is 13.8. The van der Waals surface area contributed by atoms with Crippen LogP contribution in [-0.4, -0.2) is 40.9 Å². The van der Waals surface area contributed by atoms with Crippen LogP contribution in [0.1, 0.15) is 32.4 Å². The van der Waals surface area contributed by atoms with E-state index in [0.29, 0.717) is 30.4 Å². The summed E-state index contributed by atoms with van der Waals surface area (Å²) in [4.78, 5) is 45.7. The van der Waals surface area contributed by atoms with Crippen LogP contribution in [-0.2, 0) is 16.1 Å². The van der Waals surface area contributed by atoms with Crippen LogP contribution < -0.4 is 14.4 Å². The van der Waals surface area contributed by atoms with Gasteiger partial charge in [-0.2, -0.15) is 0 Å². The summed E-state index contributed by atoms with van der Waals surface area (Å²) in [5.41, 5.74) is 0.809. The quantitative estimate of drug-likeness (QED) is 0.298. The molecule has 4 rings (SSSR count). The summed E-state index contributed by atoms with van der Waals surface area (Å²) < 4.78 is 11.5. The van der Waals surface area contributed by atoms with Crippen molar-refractivity contribution in [3.8, 4) is 21.4 Å². The largest absolute Gasteiger partial charge is 0.490 e. The van der Waals surface area contributed by atoms with E-state index in [2.05, 4.69) is 4.98 Å². The van der Waals surface area contributed by atoms with E-state index in [0.717, 1.165) is 32.5 Å². The molecule has 0 bridgehead atoms. The van der Waals surface area contributed by atoms with Crippen LogP contribution in [0.15, 0.2) is 41.1 Å². The van der Waals surface area contributed by atoms with Crippen LogP contribution in [0.25, 0.3) is 9.88 Å². The minimum atomic E-state index is -0.905. The summed E-state index contributed by atoms with van der Waals surface area (Å²) in [6.07, 6.45) is 1.61. The van der Waals surface area contributed by atoms with Gasteiger partial charge in [0.05, 0.1) is 36.0 Å². The lowest BCUT2D eigenvalue weighted by molar-refractivity contribution is -0.139. The van der Waals surface area contributed by atoms with Gasteiger partial charge in [-0.3, -0.25) is 9.59 Å². The fourth-order valence-corrected chi connectivity index (χ4v) is 4.84. The number of amides is 4. The van der Waals surface area contributed by atoms with Gasteiger partial charge in [0.25, 0.3) is 0 Å². The molecule has 33 heavy (non-hydrogen) atoms. The molecule has 0 saturated carbocycles. The highest BCUT2D eigenvalue weighted by atomic mass is 32.1. The molecule has 3 heterocycles. The Balaban J connectivity index is 1.56. The molecule has 1 saturated heterocycles. The average molecular weight is 486 g/mol. The minimum Gasteiger partial charge on any atom is -0.490 e. The molecule has 4 amide bonds. The van der Waals surface area contributed by atoms with E-state index in [9.17, 15) is 14.4 Å². The van der Waals surface area contributed by atoms with Crippen LogP contribution in [0.3, 0.4) is 0 Å². The Kier molecular flexibility index (Phi) is 7.05. The molecule has 0 aliphatic carbocycles. The van der Waals surface area contributed by atoms with Crippen molar-refractivity contribution in [2.24, 2.45) is 0 Å². The van der Waals surface area contributed by atoms with Gasteiger partial charge in [0.2, 0.25) is 0 Å². The lowest BCUT2D eigenvalue weighted by atomic mass is 10.2. The lowest BCUT2D eigenvalue weighted by Crippen LogP contribution is -2.33. The standard InChI is InChI=1S/C23H23N3O5S2/c1-3-9-30-17-8-7-16(12-18(17)31-10-4-2)26-22(28)21(27)25(23(26)29)13-15-14-33-20(24-15)19-6-5-11-32-19/h5-8,11-12,14H,3-4,9-10,13H2,1-2H3. The van der Waals surface area contributed by atoms with Crippen molar-refractivity contribution in [1.29, 1.82) is 0 Å². The van der Waals surface area contributed by atoms with Gasteiger partial charge in [-0.1, -0.05) is 19.9 Å². The van der Waals surface area contributed by atoms with Gasteiger partial charge < -0.3 is 9.47 Å². The Labute approximate surface area is 199 Å². The lowest BCUT2D eigenvalue weighted by Gasteiger charge is -2.18. The number of thiophene rings is 1. The van der Waals surface area contributed by atoms with Crippen molar-refractivity contribution >= 4 is 46.2 Å². The highest BCUT2D eigenvalue weighted by Gasteiger charge is 2.45. The highest BCUT2D eigenvalue weighted by molar-refractivity contribution is 7.20. The number of hydrogen-bond acceptors (Lipinski definition) is 8. The number of ether oxygens (including phenoxy) is 2. The van der Waals surface area contributed by atoms with Gasteiger partial charge >= 0.3 is 17.8 Å². The van der Waals surface area contributed by atoms with Crippen molar-refractivity contribution in [2.75, 3.05) is 18.1 Å². The van der Waals surface area contributed by atoms with Gasteiger partial charge in [0.1, 0.15) is 5.01 Å². The van der Waals surface area contributed by atoms with Gasteiger partial charge in [0, 0.05) is 11.4 Å². The topological polar surface area (TPSA) is 89.0 Å². The van der Waals surface area contributed by atoms with Crippen LogP contribution in [0.2, 0.25) is 0 Å². The number of imide groups is 2. The molecule has 1 aliphatic heterocycles. The molecular formula is C23H23N3O5S2. The molecule has 3 aromatic rings. The number of nitrogens with zero attached hydrogens (tertiary/aromatic N) is 3. The minimum absolute atomic E-state index is 0.0708. The Hall–Kier alpha value is -3.24. The van der Waals surface area contributed by atoms with E-state index >= 15 is 0 Å². The first kappa shape index (κ1) is 22.9. The Morgan fingerprint density at radius 2 is 1.70 bits per heavy atom. The molecule has 1 aromatic carbocycles. The predicted molar refractivity (Wildman–Crippen MR) is 127 cm³/mol. The van der Waals surface area contributed by atoms with E-state index in [1.165, 1.54) is 11.3 Å². The molecule has 0 atom stereocenters. The summed E-state index contributed by atoms with van der Waals surface area (Å²) in [6.45, 7) is 4.86. The van der Waals surface area contributed by atoms with Crippen LogP contribution in [0.4, 0.5) is 10.5 Å². The first-order valence-corrected chi connectivity index (χ1v) is 12.4. The highest BCUT2D eigenvalue weighted by Crippen LogP contribution is 2.35. The second kappa shape index (κ2) is 10.1. The third-order valence-electron chi connectivity index (χ3n) is 4.77. The first-order valence-electron chi connectivity index (χ1n) is 10.6. The summed E-state index contributed by atoms with van der Waals surface area (Å²) in [5.74, 6) is -0.834. The van der Waals surface area contributed by atoms with E-state index < -0.39 is 17.8 Å². The van der Waals surface area contributed by atoms with Crippen molar-refractivity contribution < 1.29 is 23.9 Å². The number of carbonyl (C=O) groups excluding carboxylic acids is 3. The number of benzene rings is 1. The van der Waals surface area contributed by atoms with Crippen LogP contribution >= 0.6 is 22.7 Å². The summed E-state index contributed by atoms with van der Waals surface area (Å²) in [6, 6.07) is 7.97. The zero-order chi connectivity index (χ0) is 23.4. The zero-order valence-electron chi connectivity index (χ0n) is 18.3. The fourth-order valence-electron chi connectivity index (χ4n) is 3.22. The Morgan fingerprint density at radius 1 is 0.939 bits per heavy atom. The molecule has 1 fully saturated rings. The number of thiazole rings is 1. The van der Waals surface area contributed by atoms with Crippen molar-refractivity contribution in [2.45, 2.75) is 33.2 Å². The summed E-state index contributed by atoms with van der Waals surface area (Å²) >= 11 is 2.99. The molecule has 0 radical (unpaired) electrons. The number of aromatic nitrogens is 1. The van der Waals surface area contributed by atoms with E-state index in [1.807, 2.05) is 31.4 Å². The molecule has 8 nitrogen and oxygen atoms in total. The molecule has 0 N–H and O–H groups in total. The number of carbonyl (C=O) groups is 3. The third kappa shape index (κ3) is 4.76. The van der Waals surface area contributed by atoms with Gasteiger partial charge in [-0.05, 0) is 36.4 Å². The van der Waals surface area contributed by atoms with Crippen LogP contribution in [0.5, 0.6) is 11.5 Å². The van der Waals surface area contributed by atoms with Gasteiger partial charge in [0.15, 0.2) is 11.5 Å². The molecule has 10 heteroatoms. The third-order valence-corrected chi connectivity index (χ3v) is 6.70. The van der Waals surface area contributed by atoms with Crippen molar-refractivity contribution in [3.05, 3.63) is 46.8 Å². The number of hydrogen-bond donors (Lipinski definition) is 0. The second-order valence-electron chi connectivity index (χ2n) is 7.26. The monoisotopic (exact) mass is 485 g/mol. The maximum atomic E-state index is 13.1. The molecule has 1 aliphatic rings. The molecular weight excluding hydrogens is 462 g/mol. The van der Waals surface area contributed by atoms with Crippen LogP contribution in [0, 0.1) is 0 Å². The number of urea groups is 1.